The molecule has 3 rings (SSSR count). The fourth-order valence-corrected chi connectivity index (χ4v) is 3.42. The van der Waals surface area contributed by atoms with Crippen LogP contribution in [0.15, 0.2) is 18.2 Å². The third kappa shape index (κ3) is 2.70. The van der Waals surface area contributed by atoms with Gasteiger partial charge >= 0.3 is 0 Å². The van der Waals surface area contributed by atoms with Crippen LogP contribution in [0.25, 0.3) is 0 Å². The van der Waals surface area contributed by atoms with E-state index in [1.165, 1.54) is 6.07 Å². The molecular weight excluding hydrogens is 281 g/mol. The van der Waals surface area contributed by atoms with Gasteiger partial charge in [-0.3, -0.25) is 0 Å². The van der Waals surface area contributed by atoms with Crippen molar-refractivity contribution < 1.29 is 13.9 Å². The standard InChI is InChI=1S/C15H19ClFNO2/c16-11-1-2-12(13(17)7-11)14(18)10-3-5-20-15(8-10)4-6-19-9-15/h1-2,7,10,14H,3-6,8-9,18H2. The summed E-state index contributed by atoms with van der Waals surface area (Å²) < 4.78 is 25.4. The molecule has 20 heavy (non-hydrogen) atoms. The second kappa shape index (κ2) is 5.60. The maximum atomic E-state index is 14.0. The van der Waals surface area contributed by atoms with Crippen LogP contribution in [0.2, 0.25) is 5.02 Å². The normalized spacial score (nSPS) is 31.6. The maximum Gasteiger partial charge on any atom is 0.129 e. The molecule has 3 nitrogen and oxygen atoms in total. The smallest absolute Gasteiger partial charge is 0.129 e. The van der Waals surface area contributed by atoms with Gasteiger partial charge in [0.25, 0.3) is 0 Å². The number of hydrogen-bond acceptors (Lipinski definition) is 3. The summed E-state index contributed by atoms with van der Waals surface area (Å²) in [6.45, 7) is 2.02. The Morgan fingerprint density at radius 1 is 1.40 bits per heavy atom. The van der Waals surface area contributed by atoms with Crippen LogP contribution in [-0.2, 0) is 9.47 Å². The van der Waals surface area contributed by atoms with E-state index in [1.54, 1.807) is 12.1 Å². The van der Waals surface area contributed by atoms with E-state index in [0.717, 1.165) is 25.9 Å². The predicted molar refractivity (Wildman–Crippen MR) is 75.2 cm³/mol. The van der Waals surface area contributed by atoms with Gasteiger partial charge in [-0.05, 0) is 30.9 Å². The molecule has 2 aliphatic rings. The lowest BCUT2D eigenvalue weighted by molar-refractivity contribution is -0.101. The molecule has 5 heteroatoms. The molecule has 2 heterocycles. The highest BCUT2D eigenvalue weighted by Crippen LogP contribution is 2.40. The molecule has 3 unspecified atom stereocenters. The summed E-state index contributed by atoms with van der Waals surface area (Å²) in [5, 5.41) is 0.395. The van der Waals surface area contributed by atoms with Crippen LogP contribution in [0.4, 0.5) is 4.39 Å². The summed E-state index contributed by atoms with van der Waals surface area (Å²) in [6, 6.07) is 4.38. The van der Waals surface area contributed by atoms with Gasteiger partial charge in [0.15, 0.2) is 0 Å². The van der Waals surface area contributed by atoms with Gasteiger partial charge in [-0.25, -0.2) is 4.39 Å². The minimum absolute atomic E-state index is 0.205. The third-order valence-corrected chi connectivity index (χ3v) is 4.66. The summed E-state index contributed by atoms with van der Waals surface area (Å²) in [5.41, 5.74) is 6.62. The number of halogens is 2. The van der Waals surface area contributed by atoms with Gasteiger partial charge in [-0.1, -0.05) is 17.7 Å². The van der Waals surface area contributed by atoms with Crippen molar-refractivity contribution in [3.05, 3.63) is 34.6 Å². The van der Waals surface area contributed by atoms with E-state index in [4.69, 9.17) is 26.8 Å². The van der Waals surface area contributed by atoms with Crippen LogP contribution in [0.5, 0.6) is 0 Å². The zero-order valence-corrected chi connectivity index (χ0v) is 12.0. The molecule has 0 aromatic heterocycles. The highest BCUT2D eigenvalue weighted by Gasteiger charge is 2.42. The summed E-state index contributed by atoms with van der Waals surface area (Å²) >= 11 is 5.79. The molecule has 0 aliphatic carbocycles. The van der Waals surface area contributed by atoms with Crippen molar-refractivity contribution in [2.75, 3.05) is 19.8 Å². The fourth-order valence-electron chi connectivity index (χ4n) is 3.26. The Bertz CT molecular complexity index is 491. The molecule has 2 aliphatic heterocycles. The Labute approximate surface area is 123 Å². The molecule has 1 aromatic rings. The Kier molecular flexibility index (Phi) is 4.00. The zero-order chi connectivity index (χ0) is 14.2. The predicted octanol–water partition coefficient (Wildman–Crippen LogP) is 3.06. The van der Waals surface area contributed by atoms with Gasteiger partial charge in [0.05, 0.1) is 12.2 Å². The Morgan fingerprint density at radius 2 is 2.25 bits per heavy atom. The van der Waals surface area contributed by atoms with Gasteiger partial charge in [-0.2, -0.15) is 0 Å². The first kappa shape index (κ1) is 14.3. The van der Waals surface area contributed by atoms with Crippen LogP contribution in [0.1, 0.15) is 30.9 Å². The summed E-state index contributed by atoms with van der Waals surface area (Å²) in [6.07, 6.45) is 2.58. The molecule has 0 amide bonds. The number of nitrogens with two attached hydrogens (primary N) is 1. The largest absolute Gasteiger partial charge is 0.378 e. The van der Waals surface area contributed by atoms with E-state index in [0.29, 0.717) is 23.8 Å². The van der Waals surface area contributed by atoms with Crippen LogP contribution in [0, 0.1) is 11.7 Å². The van der Waals surface area contributed by atoms with Crippen molar-refractivity contribution in [1.29, 1.82) is 0 Å². The molecule has 1 spiro atoms. The van der Waals surface area contributed by atoms with Gasteiger partial charge in [0.2, 0.25) is 0 Å². The molecule has 2 N–H and O–H groups in total. The van der Waals surface area contributed by atoms with E-state index < -0.39 is 0 Å². The Morgan fingerprint density at radius 3 is 2.95 bits per heavy atom. The van der Waals surface area contributed by atoms with Crippen molar-refractivity contribution in [2.24, 2.45) is 11.7 Å². The summed E-state index contributed by atoms with van der Waals surface area (Å²) in [5.74, 6) is -0.116. The molecule has 3 atom stereocenters. The van der Waals surface area contributed by atoms with E-state index in [1.807, 2.05) is 0 Å². The van der Waals surface area contributed by atoms with Gasteiger partial charge in [-0.15, -0.1) is 0 Å². The van der Waals surface area contributed by atoms with E-state index >= 15 is 0 Å². The average Bonchev–Trinajstić information content (AvgIpc) is 2.86. The lowest BCUT2D eigenvalue weighted by Crippen LogP contribution is -2.43. The van der Waals surface area contributed by atoms with Crippen LogP contribution in [-0.4, -0.2) is 25.4 Å². The molecule has 0 bridgehead atoms. The third-order valence-electron chi connectivity index (χ3n) is 4.43. The second-order valence-electron chi connectivity index (χ2n) is 5.78. The Hall–Kier alpha value is -0.680. The number of hydrogen-bond donors (Lipinski definition) is 1. The zero-order valence-electron chi connectivity index (χ0n) is 11.3. The topological polar surface area (TPSA) is 44.5 Å². The van der Waals surface area contributed by atoms with Crippen molar-refractivity contribution in [3.63, 3.8) is 0 Å². The molecular formula is C15H19ClFNO2. The lowest BCUT2D eigenvalue weighted by Gasteiger charge is -2.39. The first-order valence-electron chi connectivity index (χ1n) is 7.02. The average molecular weight is 300 g/mol. The van der Waals surface area contributed by atoms with Crippen LogP contribution >= 0.6 is 11.6 Å². The second-order valence-corrected chi connectivity index (χ2v) is 6.21. The number of benzene rings is 1. The van der Waals surface area contributed by atoms with Crippen molar-refractivity contribution >= 4 is 11.6 Å². The fraction of sp³-hybridized carbons (Fsp3) is 0.600. The Balaban J connectivity index is 1.77. The molecule has 1 aromatic carbocycles. The minimum Gasteiger partial charge on any atom is -0.378 e. The molecule has 2 fully saturated rings. The van der Waals surface area contributed by atoms with Gasteiger partial charge in [0, 0.05) is 36.3 Å². The van der Waals surface area contributed by atoms with Crippen LogP contribution in [0.3, 0.4) is 0 Å². The molecule has 2 saturated heterocycles. The van der Waals surface area contributed by atoms with Gasteiger partial charge in [0.1, 0.15) is 5.82 Å². The molecule has 0 radical (unpaired) electrons. The van der Waals surface area contributed by atoms with E-state index in [-0.39, 0.29) is 23.4 Å². The minimum atomic E-state index is -0.326. The van der Waals surface area contributed by atoms with E-state index in [9.17, 15) is 4.39 Å². The monoisotopic (exact) mass is 299 g/mol. The molecule has 0 saturated carbocycles. The number of ether oxygens (including phenoxy) is 2. The SMILES string of the molecule is NC(c1ccc(Cl)cc1F)C1CCOC2(CCOC2)C1. The quantitative estimate of drug-likeness (QED) is 0.913. The lowest BCUT2D eigenvalue weighted by atomic mass is 9.79. The maximum absolute atomic E-state index is 14.0. The highest BCUT2D eigenvalue weighted by atomic mass is 35.5. The van der Waals surface area contributed by atoms with Crippen LogP contribution < -0.4 is 5.73 Å². The van der Waals surface area contributed by atoms with Crippen molar-refractivity contribution in [2.45, 2.75) is 30.9 Å². The summed E-state index contributed by atoms with van der Waals surface area (Å²) in [4.78, 5) is 0. The number of rotatable bonds is 2. The summed E-state index contributed by atoms with van der Waals surface area (Å²) in [7, 11) is 0. The highest BCUT2D eigenvalue weighted by molar-refractivity contribution is 6.30. The van der Waals surface area contributed by atoms with Crippen molar-refractivity contribution in [3.8, 4) is 0 Å². The van der Waals surface area contributed by atoms with Gasteiger partial charge < -0.3 is 15.2 Å². The first-order chi connectivity index (χ1) is 9.60. The van der Waals surface area contributed by atoms with Crippen molar-refractivity contribution in [1.82, 2.24) is 0 Å². The van der Waals surface area contributed by atoms with E-state index in [2.05, 4.69) is 0 Å². The first-order valence-corrected chi connectivity index (χ1v) is 7.40. The molecule has 110 valence electrons.